The van der Waals surface area contributed by atoms with Gasteiger partial charge in [-0.2, -0.15) is 0 Å². The summed E-state index contributed by atoms with van der Waals surface area (Å²) in [5.74, 6) is -0.407. The molecule has 0 N–H and O–H groups in total. The zero-order chi connectivity index (χ0) is 16.0. The number of sulfone groups is 1. The van der Waals surface area contributed by atoms with Crippen LogP contribution in [-0.4, -0.2) is 67.7 Å². The van der Waals surface area contributed by atoms with Gasteiger partial charge in [0, 0.05) is 25.9 Å². The second kappa shape index (κ2) is 7.59. The lowest BCUT2D eigenvalue weighted by molar-refractivity contribution is -0.138. The predicted molar refractivity (Wildman–Crippen MR) is 81.5 cm³/mol. The minimum Gasteiger partial charge on any atom is -0.341 e. The molecule has 1 aliphatic heterocycles. The van der Waals surface area contributed by atoms with Gasteiger partial charge in [-0.1, -0.05) is 6.58 Å². The summed E-state index contributed by atoms with van der Waals surface area (Å²) in [5.41, 5.74) is 0. The number of likely N-dealkylation sites (tertiary alicyclic amines) is 1. The summed E-state index contributed by atoms with van der Waals surface area (Å²) < 4.78 is 23.2. The second-order valence-corrected chi connectivity index (χ2v) is 7.65. The molecule has 1 fully saturated rings. The highest BCUT2D eigenvalue weighted by Gasteiger charge is 2.27. The van der Waals surface area contributed by atoms with Crippen molar-refractivity contribution in [1.29, 1.82) is 0 Å². The fraction of sp³-hybridized carbons (Fsp3) is 0.714. The van der Waals surface area contributed by atoms with Crippen molar-refractivity contribution in [3.63, 3.8) is 0 Å². The predicted octanol–water partition coefficient (Wildman–Crippen LogP) is 0.447. The number of hydrogen-bond donors (Lipinski definition) is 0. The summed E-state index contributed by atoms with van der Waals surface area (Å²) in [7, 11) is -3.06. The van der Waals surface area contributed by atoms with E-state index in [1.54, 1.807) is 11.8 Å². The number of rotatable bonds is 5. The summed E-state index contributed by atoms with van der Waals surface area (Å²) in [5, 5.41) is -0.368. The molecule has 7 heteroatoms. The molecule has 1 saturated heterocycles. The smallest absolute Gasteiger partial charge is 0.246 e. The van der Waals surface area contributed by atoms with Crippen molar-refractivity contribution in [3.05, 3.63) is 12.7 Å². The van der Waals surface area contributed by atoms with Gasteiger partial charge in [0.05, 0.1) is 11.8 Å². The van der Waals surface area contributed by atoms with Gasteiger partial charge in [-0.05, 0) is 32.3 Å². The zero-order valence-electron chi connectivity index (χ0n) is 12.7. The SMILES string of the molecule is C=CC(=O)N(CC)CC(=O)N1CCCC(S(C)(=O)=O)CC1. The van der Waals surface area contributed by atoms with E-state index in [0.717, 1.165) is 0 Å². The molecule has 2 amide bonds. The zero-order valence-corrected chi connectivity index (χ0v) is 13.6. The molecule has 1 heterocycles. The van der Waals surface area contributed by atoms with Gasteiger partial charge in [0.15, 0.2) is 0 Å². The summed E-state index contributed by atoms with van der Waals surface area (Å²) in [6, 6.07) is 0. The van der Waals surface area contributed by atoms with Crippen molar-refractivity contribution in [3.8, 4) is 0 Å². The molecule has 0 aliphatic carbocycles. The van der Waals surface area contributed by atoms with Crippen molar-refractivity contribution in [2.45, 2.75) is 31.4 Å². The quantitative estimate of drug-likeness (QED) is 0.690. The Morgan fingerprint density at radius 2 is 2.00 bits per heavy atom. The van der Waals surface area contributed by atoms with E-state index in [0.29, 0.717) is 38.9 Å². The molecule has 0 aromatic carbocycles. The van der Waals surface area contributed by atoms with Crippen molar-refractivity contribution in [2.75, 3.05) is 32.4 Å². The Hall–Kier alpha value is -1.37. The summed E-state index contributed by atoms with van der Waals surface area (Å²) in [6.45, 7) is 6.65. The molecule has 0 radical (unpaired) electrons. The van der Waals surface area contributed by atoms with Crippen LogP contribution in [0.3, 0.4) is 0 Å². The number of carbonyl (C=O) groups is 2. The van der Waals surface area contributed by atoms with Gasteiger partial charge >= 0.3 is 0 Å². The van der Waals surface area contributed by atoms with Crippen molar-refractivity contribution in [1.82, 2.24) is 9.80 Å². The maximum atomic E-state index is 12.2. The Bertz CT molecular complexity index is 501. The Morgan fingerprint density at radius 3 is 2.52 bits per heavy atom. The highest BCUT2D eigenvalue weighted by molar-refractivity contribution is 7.91. The van der Waals surface area contributed by atoms with E-state index in [2.05, 4.69) is 6.58 Å². The normalized spacial score (nSPS) is 19.7. The third-order valence-electron chi connectivity index (χ3n) is 3.83. The van der Waals surface area contributed by atoms with Crippen LogP contribution in [0.25, 0.3) is 0 Å². The first kappa shape index (κ1) is 17.7. The third-order valence-corrected chi connectivity index (χ3v) is 5.51. The fourth-order valence-electron chi connectivity index (χ4n) is 2.48. The molecule has 0 saturated carbocycles. The van der Waals surface area contributed by atoms with E-state index in [9.17, 15) is 18.0 Å². The van der Waals surface area contributed by atoms with Gasteiger partial charge < -0.3 is 9.80 Å². The molecule has 21 heavy (non-hydrogen) atoms. The lowest BCUT2D eigenvalue weighted by Crippen LogP contribution is -2.42. The molecule has 1 aliphatic rings. The topological polar surface area (TPSA) is 74.8 Å². The van der Waals surface area contributed by atoms with Crippen LogP contribution in [0.2, 0.25) is 0 Å². The molecule has 0 bridgehead atoms. The molecular formula is C14H24N2O4S. The number of likely N-dealkylation sites (N-methyl/N-ethyl adjacent to an activating group) is 1. The largest absolute Gasteiger partial charge is 0.341 e. The van der Waals surface area contributed by atoms with E-state index < -0.39 is 9.84 Å². The van der Waals surface area contributed by atoms with Crippen LogP contribution in [0.15, 0.2) is 12.7 Å². The standard InChI is InChI=1S/C14H24N2O4S/c1-4-13(17)15(5-2)11-14(18)16-9-6-7-12(8-10-16)21(3,19)20/h4,12H,1,5-11H2,2-3H3. The van der Waals surface area contributed by atoms with Gasteiger partial charge in [-0.25, -0.2) is 8.42 Å². The Kier molecular flexibility index (Phi) is 6.39. The molecule has 0 aromatic rings. The van der Waals surface area contributed by atoms with Crippen LogP contribution < -0.4 is 0 Å². The van der Waals surface area contributed by atoms with E-state index in [1.807, 2.05) is 0 Å². The average Bonchev–Trinajstić information content (AvgIpc) is 2.69. The van der Waals surface area contributed by atoms with Gasteiger partial charge in [0.2, 0.25) is 11.8 Å². The monoisotopic (exact) mass is 316 g/mol. The van der Waals surface area contributed by atoms with Crippen LogP contribution in [0.5, 0.6) is 0 Å². The lowest BCUT2D eigenvalue weighted by atomic mass is 10.2. The Balaban J connectivity index is 2.63. The van der Waals surface area contributed by atoms with Crippen LogP contribution in [0.1, 0.15) is 26.2 Å². The number of hydrogen-bond acceptors (Lipinski definition) is 4. The lowest BCUT2D eigenvalue weighted by Gasteiger charge is -2.25. The molecule has 1 rings (SSSR count). The van der Waals surface area contributed by atoms with Gasteiger partial charge in [-0.15, -0.1) is 0 Å². The summed E-state index contributed by atoms with van der Waals surface area (Å²) >= 11 is 0. The molecule has 120 valence electrons. The Labute approximate surface area is 126 Å². The number of amides is 2. The first-order valence-electron chi connectivity index (χ1n) is 7.17. The molecule has 0 spiro atoms. The van der Waals surface area contributed by atoms with Crippen LogP contribution >= 0.6 is 0 Å². The van der Waals surface area contributed by atoms with Crippen LogP contribution in [-0.2, 0) is 19.4 Å². The number of nitrogens with zero attached hydrogens (tertiary/aromatic N) is 2. The minimum absolute atomic E-state index is 0.0187. The van der Waals surface area contributed by atoms with E-state index >= 15 is 0 Å². The minimum atomic E-state index is -3.06. The molecular weight excluding hydrogens is 292 g/mol. The second-order valence-electron chi connectivity index (χ2n) is 5.32. The molecule has 0 aromatic heterocycles. The summed E-state index contributed by atoms with van der Waals surface area (Å²) in [6.07, 6.45) is 4.17. The molecule has 6 nitrogen and oxygen atoms in total. The molecule has 1 unspecified atom stereocenters. The first-order valence-corrected chi connectivity index (χ1v) is 9.13. The fourth-order valence-corrected chi connectivity index (χ4v) is 3.61. The Morgan fingerprint density at radius 1 is 1.33 bits per heavy atom. The average molecular weight is 316 g/mol. The maximum Gasteiger partial charge on any atom is 0.246 e. The first-order chi connectivity index (χ1) is 9.79. The number of carbonyl (C=O) groups excluding carboxylic acids is 2. The maximum absolute atomic E-state index is 12.2. The van der Waals surface area contributed by atoms with E-state index in [-0.39, 0.29) is 23.6 Å². The van der Waals surface area contributed by atoms with Crippen molar-refractivity contribution in [2.24, 2.45) is 0 Å². The highest BCUT2D eigenvalue weighted by atomic mass is 32.2. The van der Waals surface area contributed by atoms with E-state index in [1.165, 1.54) is 17.2 Å². The third kappa shape index (κ3) is 5.15. The van der Waals surface area contributed by atoms with Gasteiger partial charge in [0.1, 0.15) is 9.84 Å². The van der Waals surface area contributed by atoms with Crippen LogP contribution in [0.4, 0.5) is 0 Å². The van der Waals surface area contributed by atoms with Crippen molar-refractivity contribution < 1.29 is 18.0 Å². The van der Waals surface area contributed by atoms with Crippen molar-refractivity contribution >= 4 is 21.7 Å². The van der Waals surface area contributed by atoms with Gasteiger partial charge in [0.25, 0.3) is 0 Å². The molecule has 1 atom stereocenters. The van der Waals surface area contributed by atoms with Crippen LogP contribution in [0, 0.1) is 0 Å². The highest BCUT2D eigenvalue weighted by Crippen LogP contribution is 2.17. The summed E-state index contributed by atoms with van der Waals surface area (Å²) in [4.78, 5) is 26.9. The van der Waals surface area contributed by atoms with Gasteiger partial charge in [-0.3, -0.25) is 9.59 Å². The van der Waals surface area contributed by atoms with E-state index in [4.69, 9.17) is 0 Å².